The minimum absolute atomic E-state index is 0.0359. The third-order valence-electron chi connectivity index (χ3n) is 8.59. The van der Waals surface area contributed by atoms with E-state index in [1.165, 1.54) is 55.1 Å². The molecule has 1 aliphatic rings. The van der Waals surface area contributed by atoms with E-state index in [1.807, 2.05) is 0 Å². The zero-order chi connectivity index (χ0) is 34.7. The van der Waals surface area contributed by atoms with Gasteiger partial charge in [-0.1, -0.05) is 18.0 Å². The number of carbonyl (C=O) groups excluding carboxylic acids is 1. The summed E-state index contributed by atoms with van der Waals surface area (Å²) in [5.74, 6) is -0.670. The zero-order valence-electron chi connectivity index (χ0n) is 27.4. The molecule has 0 saturated carbocycles. The van der Waals surface area contributed by atoms with Gasteiger partial charge in [-0.2, -0.15) is 0 Å². The molecule has 0 atom stereocenters. The summed E-state index contributed by atoms with van der Waals surface area (Å²) in [7, 11) is 2.99. The number of hydrogen-bond donors (Lipinski definition) is 1. The monoisotopic (exact) mass is 691 g/mol. The van der Waals surface area contributed by atoms with Crippen LogP contribution in [0, 0.1) is 18.6 Å². The molecule has 1 fully saturated rings. The Morgan fingerprint density at radius 1 is 0.959 bits per heavy atom. The second-order valence-electron chi connectivity index (χ2n) is 11.8. The number of pyridine rings is 1. The maximum absolute atomic E-state index is 15.4. The van der Waals surface area contributed by atoms with Crippen molar-refractivity contribution in [1.29, 1.82) is 0 Å². The number of methoxy groups -OCH3 is 1. The van der Waals surface area contributed by atoms with E-state index in [0.29, 0.717) is 46.1 Å². The topological polar surface area (TPSA) is 99.9 Å². The molecule has 5 aromatic rings. The minimum atomic E-state index is -0.729. The van der Waals surface area contributed by atoms with Crippen LogP contribution in [0.3, 0.4) is 0 Å². The van der Waals surface area contributed by atoms with Gasteiger partial charge in [0.05, 0.1) is 35.6 Å². The Balaban J connectivity index is 1.16. The molecular formula is C36H36ClF2N5O5. The lowest BCUT2D eigenvalue weighted by atomic mass is 10.1. The van der Waals surface area contributed by atoms with Crippen molar-refractivity contribution >= 4 is 34.1 Å². The number of anilines is 1. The van der Waals surface area contributed by atoms with E-state index in [2.05, 4.69) is 15.2 Å². The van der Waals surface area contributed by atoms with E-state index < -0.39 is 23.2 Å². The van der Waals surface area contributed by atoms with Crippen molar-refractivity contribution in [3.05, 3.63) is 99.3 Å². The van der Waals surface area contributed by atoms with Gasteiger partial charge in [0.15, 0.2) is 23.1 Å². The molecule has 10 nitrogen and oxygen atoms in total. The van der Waals surface area contributed by atoms with Gasteiger partial charge in [0.2, 0.25) is 0 Å². The lowest BCUT2D eigenvalue weighted by Crippen LogP contribution is -2.31. The van der Waals surface area contributed by atoms with Gasteiger partial charge in [0, 0.05) is 43.0 Å². The first-order chi connectivity index (χ1) is 23.6. The highest BCUT2D eigenvalue weighted by atomic mass is 35.5. The molecule has 0 radical (unpaired) electrons. The fourth-order valence-electron chi connectivity index (χ4n) is 6.10. The quantitative estimate of drug-likeness (QED) is 0.146. The van der Waals surface area contributed by atoms with Crippen LogP contribution in [-0.2, 0) is 7.05 Å². The van der Waals surface area contributed by atoms with Crippen LogP contribution in [0.4, 0.5) is 14.5 Å². The van der Waals surface area contributed by atoms with Crippen LogP contribution in [0.15, 0.2) is 65.6 Å². The Bertz CT molecular complexity index is 2080. The van der Waals surface area contributed by atoms with Gasteiger partial charge in [-0.3, -0.25) is 18.9 Å². The van der Waals surface area contributed by atoms with E-state index in [0.717, 1.165) is 42.8 Å². The molecule has 2 aromatic heterocycles. The standard InChI is InChI=1S/C36H36ClF2N5O5/c1-22-34(42(2)36(46)44(22)24-9-10-27(38)26(37)19-24)35(45)41-23-8-11-31(28(39)18-23)49-30-12-13-40-29-21-33(32(47-3)20-25(29)30)48-17-7-16-43-14-5-4-6-15-43/h8-13,18-21H,4-7,14-17H2,1-3H3,(H,41,45). The van der Waals surface area contributed by atoms with Gasteiger partial charge in [-0.25, -0.2) is 13.6 Å². The highest BCUT2D eigenvalue weighted by Crippen LogP contribution is 2.38. The first kappa shape index (κ1) is 33.9. The number of nitrogens with zero attached hydrogens (tertiary/aromatic N) is 4. The molecular weight excluding hydrogens is 656 g/mol. The number of aromatic nitrogens is 3. The minimum Gasteiger partial charge on any atom is -0.493 e. The summed E-state index contributed by atoms with van der Waals surface area (Å²) in [4.78, 5) is 33.2. The van der Waals surface area contributed by atoms with Crippen molar-refractivity contribution in [2.24, 2.45) is 7.05 Å². The van der Waals surface area contributed by atoms with Crippen LogP contribution >= 0.6 is 11.6 Å². The fourth-order valence-corrected chi connectivity index (χ4v) is 6.27. The lowest BCUT2D eigenvalue weighted by molar-refractivity contribution is 0.101. The number of rotatable bonds is 11. The number of imidazole rings is 1. The smallest absolute Gasteiger partial charge is 0.333 e. The predicted octanol–water partition coefficient (Wildman–Crippen LogP) is 7.27. The number of piperidine rings is 1. The zero-order valence-corrected chi connectivity index (χ0v) is 28.2. The maximum atomic E-state index is 15.4. The van der Waals surface area contributed by atoms with Crippen molar-refractivity contribution in [2.45, 2.75) is 32.6 Å². The van der Waals surface area contributed by atoms with Crippen LogP contribution in [-0.4, -0.2) is 58.3 Å². The van der Waals surface area contributed by atoms with Gasteiger partial charge in [0.1, 0.15) is 17.3 Å². The SMILES string of the molecule is COc1cc2c(Oc3ccc(NC(=O)c4c(C)n(-c5ccc(F)c(Cl)c5)c(=O)n4C)cc3F)ccnc2cc1OCCCN1CCCCC1. The Hall–Kier alpha value is -4.94. The molecule has 1 amide bonds. The molecule has 1 N–H and O–H groups in total. The number of halogens is 3. The summed E-state index contributed by atoms with van der Waals surface area (Å²) >= 11 is 5.92. The van der Waals surface area contributed by atoms with Crippen LogP contribution in [0.25, 0.3) is 16.6 Å². The largest absolute Gasteiger partial charge is 0.493 e. The van der Waals surface area contributed by atoms with Gasteiger partial charge < -0.3 is 24.4 Å². The summed E-state index contributed by atoms with van der Waals surface area (Å²) in [6, 6.07) is 13.0. The van der Waals surface area contributed by atoms with Crippen LogP contribution < -0.4 is 25.2 Å². The van der Waals surface area contributed by atoms with Gasteiger partial charge in [0.25, 0.3) is 5.91 Å². The molecule has 0 unspecified atom stereocenters. The predicted molar refractivity (Wildman–Crippen MR) is 184 cm³/mol. The number of carbonyl (C=O) groups is 1. The third kappa shape index (κ3) is 7.25. The molecule has 256 valence electrons. The third-order valence-corrected chi connectivity index (χ3v) is 8.88. The highest BCUT2D eigenvalue weighted by Gasteiger charge is 2.23. The first-order valence-corrected chi connectivity index (χ1v) is 16.4. The Kier molecular flexibility index (Phi) is 10.2. The van der Waals surface area contributed by atoms with Crippen molar-refractivity contribution < 1.29 is 27.8 Å². The Labute approximate surface area is 286 Å². The summed E-state index contributed by atoms with van der Waals surface area (Å²) in [5.41, 5.74) is 0.817. The van der Waals surface area contributed by atoms with E-state index in [4.69, 9.17) is 25.8 Å². The summed E-state index contributed by atoms with van der Waals surface area (Å²) < 4.78 is 49.2. The van der Waals surface area contributed by atoms with E-state index in [1.54, 1.807) is 38.4 Å². The van der Waals surface area contributed by atoms with Gasteiger partial charge >= 0.3 is 5.69 Å². The average Bonchev–Trinajstić information content (AvgIpc) is 3.32. The molecule has 3 heterocycles. The average molecular weight is 692 g/mol. The van der Waals surface area contributed by atoms with E-state index >= 15 is 4.39 Å². The van der Waals surface area contributed by atoms with Crippen molar-refractivity contribution in [1.82, 2.24) is 19.0 Å². The van der Waals surface area contributed by atoms with Gasteiger partial charge in [-0.05, 0) is 81.7 Å². The molecule has 13 heteroatoms. The summed E-state index contributed by atoms with van der Waals surface area (Å²) in [6.07, 6.45) is 6.25. The Morgan fingerprint density at radius 3 is 2.49 bits per heavy atom. The van der Waals surface area contributed by atoms with Crippen LogP contribution in [0.2, 0.25) is 5.02 Å². The molecule has 3 aromatic carbocycles. The second kappa shape index (κ2) is 14.7. The normalized spacial score (nSPS) is 13.4. The molecule has 0 bridgehead atoms. The molecule has 1 saturated heterocycles. The first-order valence-electron chi connectivity index (χ1n) is 16.0. The van der Waals surface area contributed by atoms with E-state index in [9.17, 15) is 14.0 Å². The van der Waals surface area contributed by atoms with Gasteiger partial charge in [-0.15, -0.1) is 0 Å². The Morgan fingerprint density at radius 2 is 1.76 bits per heavy atom. The van der Waals surface area contributed by atoms with E-state index in [-0.39, 0.29) is 22.2 Å². The molecule has 6 rings (SSSR count). The lowest BCUT2D eigenvalue weighted by Gasteiger charge is -2.26. The van der Waals surface area contributed by atoms with Crippen molar-refractivity contribution in [3.63, 3.8) is 0 Å². The number of ether oxygens (including phenoxy) is 3. The number of hydrogen-bond acceptors (Lipinski definition) is 7. The molecule has 0 aliphatic carbocycles. The van der Waals surface area contributed by atoms with Crippen LogP contribution in [0.1, 0.15) is 41.9 Å². The maximum Gasteiger partial charge on any atom is 0.333 e. The number of amides is 1. The molecule has 1 aliphatic heterocycles. The number of nitrogens with one attached hydrogen (secondary N) is 1. The van der Waals surface area contributed by atoms with Crippen LogP contribution in [0.5, 0.6) is 23.0 Å². The molecule has 49 heavy (non-hydrogen) atoms. The van der Waals surface area contributed by atoms with Crippen molar-refractivity contribution in [2.75, 3.05) is 38.7 Å². The fraction of sp³-hybridized carbons (Fsp3) is 0.306. The second-order valence-corrected chi connectivity index (χ2v) is 12.3. The number of likely N-dealkylation sites (tertiary alicyclic amines) is 1. The summed E-state index contributed by atoms with van der Waals surface area (Å²) in [6.45, 7) is 5.37. The van der Waals surface area contributed by atoms with Crippen molar-refractivity contribution in [3.8, 4) is 28.7 Å². The summed E-state index contributed by atoms with van der Waals surface area (Å²) in [5, 5.41) is 3.07. The highest BCUT2D eigenvalue weighted by molar-refractivity contribution is 6.30. The molecule has 0 spiro atoms. The number of benzene rings is 3. The number of fused-ring (bicyclic) bond motifs is 1.